The van der Waals surface area contributed by atoms with E-state index in [0.717, 1.165) is 37.5 Å². The van der Waals surface area contributed by atoms with Crippen molar-refractivity contribution in [1.82, 2.24) is 9.91 Å². The number of hydrazone groups is 1. The monoisotopic (exact) mass is 461 g/mol. The molecule has 4 nitrogen and oxygen atoms in total. The fraction of sp³-hybridized carbons (Fsp3) is 0.194. The Kier molecular flexibility index (Phi) is 7.52. The molecule has 1 aliphatic heterocycles. The minimum Gasteiger partial charge on any atom is -0.489 e. The van der Waals surface area contributed by atoms with Crippen LogP contribution < -0.4 is 4.74 Å². The summed E-state index contributed by atoms with van der Waals surface area (Å²) in [6, 6.07) is 40.2. The largest absolute Gasteiger partial charge is 0.489 e. The lowest BCUT2D eigenvalue weighted by molar-refractivity contribution is 0.113. The molecule has 5 rings (SSSR count). The van der Waals surface area contributed by atoms with Crippen molar-refractivity contribution in [2.75, 3.05) is 26.2 Å². The molecular formula is C31H31N3O. The van der Waals surface area contributed by atoms with Gasteiger partial charge in [0.05, 0.1) is 12.3 Å². The van der Waals surface area contributed by atoms with Crippen LogP contribution in [0.25, 0.3) is 0 Å². The summed E-state index contributed by atoms with van der Waals surface area (Å²) in [5, 5.41) is 6.93. The number of hydrogen-bond acceptors (Lipinski definition) is 4. The molecule has 0 amide bonds. The third-order valence-corrected chi connectivity index (χ3v) is 6.38. The quantitative estimate of drug-likeness (QED) is 0.301. The lowest BCUT2D eigenvalue weighted by atomic mass is 9.96. The van der Waals surface area contributed by atoms with Crippen molar-refractivity contribution in [2.45, 2.75) is 12.6 Å². The second-order valence-electron chi connectivity index (χ2n) is 8.80. The molecule has 0 N–H and O–H groups in total. The molecule has 0 unspecified atom stereocenters. The van der Waals surface area contributed by atoms with Crippen LogP contribution >= 0.6 is 0 Å². The summed E-state index contributed by atoms with van der Waals surface area (Å²) in [6.45, 7) is 4.33. The number of ether oxygens (including phenoxy) is 1. The summed E-state index contributed by atoms with van der Waals surface area (Å²) >= 11 is 0. The average molecular weight is 462 g/mol. The Bertz CT molecular complexity index is 1150. The van der Waals surface area contributed by atoms with Crippen molar-refractivity contribution in [3.63, 3.8) is 0 Å². The van der Waals surface area contributed by atoms with Crippen LogP contribution in [0.1, 0.15) is 28.3 Å². The van der Waals surface area contributed by atoms with Crippen molar-refractivity contribution >= 4 is 6.21 Å². The molecule has 0 aliphatic carbocycles. The zero-order valence-corrected chi connectivity index (χ0v) is 19.9. The molecule has 1 heterocycles. The highest BCUT2D eigenvalue weighted by molar-refractivity contribution is 5.79. The lowest BCUT2D eigenvalue weighted by Gasteiger charge is -2.38. The normalized spacial score (nSPS) is 14.5. The minimum atomic E-state index is 0.270. The zero-order chi connectivity index (χ0) is 23.7. The minimum absolute atomic E-state index is 0.270. The summed E-state index contributed by atoms with van der Waals surface area (Å²) in [6.07, 6.45) is 1.95. The van der Waals surface area contributed by atoms with E-state index in [1.807, 2.05) is 36.5 Å². The number of hydrogen-bond donors (Lipinski definition) is 0. The summed E-state index contributed by atoms with van der Waals surface area (Å²) in [5.41, 5.74) is 4.92. The summed E-state index contributed by atoms with van der Waals surface area (Å²) in [7, 11) is 0. The average Bonchev–Trinajstić information content (AvgIpc) is 2.94. The Hall–Kier alpha value is -3.89. The predicted molar refractivity (Wildman–Crippen MR) is 143 cm³/mol. The van der Waals surface area contributed by atoms with Crippen LogP contribution in [0, 0.1) is 0 Å². The number of benzene rings is 4. The van der Waals surface area contributed by atoms with Crippen molar-refractivity contribution in [2.24, 2.45) is 5.10 Å². The predicted octanol–water partition coefficient (Wildman–Crippen LogP) is 6.01. The first-order valence-corrected chi connectivity index (χ1v) is 12.2. The van der Waals surface area contributed by atoms with E-state index in [2.05, 4.69) is 94.8 Å². The Morgan fingerprint density at radius 3 is 1.77 bits per heavy atom. The molecule has 35 heavy (non-hydrogen) atoms. The van der Waals surface area contributed by atoms with Gasteiger partial charge in [0.2, 0.25) is 0 Å². The van der Waals surface area contributed by atoms with Crippen LogP contribution in [0.4, 0.5) is 0 Å². The first kappa shape index (κ1) is 22.9. The van der Waals surface area contributed by atoms with E-state index in [4.69, 9.17) is 9.84 Å². The highest BCUT2D eigenvalue weighted by atomic mass is 16.5. The number of rotatable bonds is 8. The smallest absolute Gasteiger partial charge is 0.119 e. The zero-order valence-electron chi connectivity index (χ0n) is 19.9. The molecule has 0 aromatic heterocycles. The molecule has 176 valence electrons. The van der Waals surface area contributed by atoms with Gasteiger partial charge in [0.15, 0.2) is 0 Å². The van der Waals surface area contributed by atoms with Crippen molar-refractivity contribution in [3.05, 3.63) is 138 Å². The molecule has 0 bridgehead atoms. The summed E-state index contributed by atoms with van der Waals surface area (Å²) in [4.78, 5) is 2.57. The Morgan fingerprint density at radius 2 is 1.20 bits per heavy atom. The van der Waals surface area contributed by atoms with Crippen LogP contribution in [0.3, 0.4) is 0 Å². The third-order valence-electron chi connectivity index (χ3n) is 6.38. The maximum atomic E-state index is 5.89. The Morgan fingerprint density at radius 1 is 0.657 bits per heavy atom. The van der Waals surface area contributed by atoms with Crippen LogP contribution in [0.5, 0.6) is 5.75 Å². The van der Waals surface area contributed by atoms with Gasteiger partial charge in [-0.05, 0) is 46.5 Å². The molecule has 4 aromatic rings. The molecule has 1 aliphatic rings. The Labute approximate surface area is 208 Å². The molecule has 4 aromatic carbocycles. The summed E-state index contributed by atoms with van der Waals surface area (Å²) < 4.78 is 5.89. The van der Waals surface area contributed by atoms with E-state index in [-0.39, 0.29) is 6.04 Å². The van der Waals surface area contributed by atoms with Crippen LogP contribution in [0.15, 0.2) is 120 Å². The molecule has 0 radical (unpaired) electrons. The van der Waals surface area contributed by atoms with E-state index in [0.29, 0.717) is 6.61 Å². The molecule has 1 fully saturated rings. The van der Waals surface area contributed by atoms with Crippen molar-refractivity contribution in [1.29, 1.82) is 0 Å². The highest BCUT2D eigenvalue weighted by Crippen LogP contribution is 2.29. The fourth-order valence-electron chi connectivity index (χ4n) is 4.51. The van der Waals surface area contributed by atoms with Gasteiger partial charge in [0, 0.05) is 26.2 Å². The van der Waals surface area contributed by atoms with Crippen molar-refractivity contribution in [3.8, 4) is 5.75 Å². The van der Waals surface area contributed by atoms with E-state index >= 15 is 0 Å². The number of nitrogens with zero attached hydrogens (tertiary/aromatic N) is 3. The first-order valence-electron chi connectivity index (χ1n) is 12.2. The molecule has 1 saturated heterocycles. The lowest BCUT2D eigenvalue weighted by Crippen LogP contribution is -2.45. The topological polar surface area (TPSA) is 28.1 Å². The summed E-state index contributed by atoms with van der Waals surface area (Å²) in [5.74, 6) is 0.868. The van der Waals surface area contributed by atoms with Gasteiger partial charge in [0.25, 0.3) is 0 Å². The number of piperazine rings is 1. The fourth-order valence-corrected chi connectivity index (χ4v) is 4.51. The van der Waals surface area contributed by atoms with Gasteiger partial charge in [0.1, 0.15) is 12.4 Å². The Balaban J connectivity index is 1.17. The standard InChI is InChI=1S/C31H31N3O/c1-4-10-27(11-5-1)25-35-30-18-16-26(17-19-30)24-32-34-22-20-33(21-23-34)31(28-12-6-2-7-13-28)29-14-8-3-9-15-29/h1-19,24,31H,20-23,25H2. The van der Waals surface area contributed by atoms with Gasteiger partial charge in [-0.1, -0.05) is 91.0 Å². The van der Waals surface area contributed by atoms with E-state index in [1.165, 1.54) is 16.7 Å². The molecule has 0 atom stereocenters. The van der Waals surface area contributed by atoms with Gasteiger partial charge < -0.3 is 4.74 Å². The second-order valence-corrected chi connectivity index (χ2v) is 8.80. The third kappa shape index (κ3) is 6.17. The molecule has 0 spiro atoms. The van der Waals surface area contributed by atoms with E-state index in [1.54, 1.807) is 0 Å². The van der Waals surface area contributed by atoms with Crippen LogP contribution in [-0.2, 0) is 6.61 Å². The van der Waals surface area contributed by atoms with Crippen LogP contribution in [-0.4, -0.2) is 42.3 Å². The van der Waals surface area contributed by atoms with Crippen molar-refractivity contribution < 1.29 is 4.74 Å². The first-order chi connectivity index (χ1) is 17.3. The van der Waals surface area contributed by atoms with Gasteiger partial charge in [-0.2, -0.15) is 5.10 Å². The van der Waals surface area contributed by atoms with E-state index < -0.39 is 0 Å². The SMILES string of the molecule is C(=NN1CCN(C(c2ccccc2)c2ccccc2)CC1)c1ccc(OCc2ccccc2)cc1. The highest BCUT2D eigenvalue weighted by Gasteiger charge is 2.25. The van der Waals surface area contributed by atoms with Gasteiger partial charge in [-0.3, -0.25) is 9.91 Å². The van der Waals surface area contributed by atoms with Gasteiger partial charge in [-0.25, -0.2) is 0 Å². The molecule has 0 saturated carbocycles. The van der Waals surface area contributed by atoms with E-state index in [9.17, 15) is 0 Å². The van der Waals surface area contributed by atoms with Gasteiger partial charge in [-0.15, -0.1) is 0 Å². The maximum absolute atomic E-state index is 5.89. The van der Waals surface area contributed by atoms with Crippen LogP contribution in [0.2, 0.25) is 0 Å². The maximum Gasteiger partial charge on any atom is 0.119 e. The second kappa shape index (κ2) is 11.5. The molecular weight excluding hydrogens is 430 g/mol. The molecule has 4 heteroatoms. The van der Waals surface area contributed by atoms with Gasteiger partial charge >= 0.3 is 0 Å².